The van der Waals surface area contributed by atoms with E-state index in [-0.39, 0.29) is 23.9 Å². The fourth-order valence-electron chi connectivity index (χ4n) is 4.77. The molecule has 0 spiro atoms. The molecule has 0 radical (unpaired) electrons. The quantitative estimate of drug-likeness (QED) is 0.412. The van der Waals surface area contributed by atoms with Crippen molar-refractivity contribution in [2.24, 2.45) is 0 Å². The fraction of sp³-hybridized carbons (Fsp3) is 0.407. The van der Waals surface area contributed by atoms with Crippen LogP contribution in [-0.2, 0) is 4.79 Å². The molecular weight excluding hydrogens is 398 g/mol. The number of amides is 2. The van der Waals surface area contributed by atoms with Gasteiger partial charge in [0.25, 0.3) is 5.91 Å². The minimum absolute atomic E-state index is 0.00343. The van der Waals surface area contributed by atoms with Crippen LogP contribution in [-0.4, -0.2) is 34.3 Å². The number of nitrogens with one attached hydrogen (secondary N) is 2. The molecule has 5 nitrogen and oxygen atoms in total. The number of carbonyl (C=O) groups excluding carboxylic acids is 2. The third kappa shape index (κ3) is 4.57. The lowest BCUT2D eigenvalue weighted by atomic mass is 9.97. The predicted molar refractivity (Wildman–Crippen MR) is 129 cm³/mol. The van der Waals surface area contributed by atoms with Gasteiger partial charge in [0.1, 0.15) is 0 Å². The van der Waals surface area contributed by atoms with E-state index < -0.39 is 0 Å². The molecule has 168 valence electrons. The van der Waals surface area contributed by atoms with Crippen molar-refractivity contribution in [1.29, 1.82) is 0 Å². The van der Waals surface area contributed by atoms with Crippen LogP contribution >= 0.6 is 0 Å². The molecule has 1 aliphatic heterocycles. The Bertz CT molecular complexity index is 1090. The minimum Gasteiger partial charge on any atom is -0.361 e. The highest BCUT2D eigenvalue weighted by atomic mass is 16.2. The maximum atomic E-state index is 13.3. The van der Waals surface area contributed by atoms with E-state index in [2.05, 4.69) is 30.2 Å². The van der Waals surface area contributed by atoms with Crippen molar-refractivity contribution in [2.75, 3.05) is 6.54 Å². The molecule has 5 heteroatoms. The van der Waals surface area contributed by atoms with Crippen LogP contribution in [0.25, 0.3) is 10.9 Å². The molecule has 0 saturated heterocycles. The Morgan fingerprint density at radius 2 is 1.84 bits per heavy atom. The summed E-state index contributed by atoms with van der Waals surface area (Å²) in [5, 5.41) is 4.22. The third-order valence-electron chi connectivity index (χ3n) is 6.45. The van der Waals surface area contributed by atoms with Crippen LogP contribution in [0, 0.1) is 0 Å². The van der Waals surface area contributed by atoms with Gasteiger partial charge in [0.15, 0.2) is 0 Å². The Labute approximate surface area is 190 Å². The van der Waals surface area contributed by atoms with Crippen molar-refractivity contribution in [3.05, 3.63) is 71.4 Å². The first-order valence-corrected chi connectivity index (χ1v) is 11.9. The molecule has 2 N–H and O–H groups in total. The van der Waals surface area contributed by atoms with Crippen molar-refractivity contribution in [3.63, 3.8) is 0 Å². The molecule has 4 rings (SSSR count). The lowest BCUT2D eigenvalue weighted by Crippen LogP contribution is -2.37. The zero-order chi connectivity index (χ0) is 22.5. The van der Waals surface area contributed by atoms with Crippen molar-refractivity contribution >= 4 is 22.7 Å². The summed E-state index contributed by atoms with van der Waals surface area (Å²) in [5.41, 5.74) is 3.86. The maximum Gasteiger partial charge on any atom is 0.255 e. The van der Waals surface area contributed by atoms with Crippen LogP contribution in [0.1, 0.15) is 79.9 Å². The van der Waals surface area contributed by atoms with E-state index >= 15 is 0 Å². The summed E-state index contributed by atoms with van der Waals surface area (Å²) in [7, 11) is 0. The van der Waals surface area contributed by atoms with E-state index in [9.17, 15) is 9.59 Å². The van der Waals surface area contributed by atoms with Gasteiger partial charge < -0.3 is 15.2 Å². The largest absolute Gasteiger partial charge is 0.361 e. The highest BCUT2D eigenvalue weighted by molar-refractivity contribution is 6.01. The summed E-state index contributed by atoms with van der Waals surface area (Å²) >= 11 is 0. The average Bonchev–Trinajstić information content (AvgIpc) is 3.34. The minimum atomic E-state index is -0.186. The SMILES string of the molecule is CCCCCC[C@@H](C)NC(=O)CCN1C(=O)c2ccccc2[C@H]1c1c[nH]c2ccccc12. The van der Waals surface area contributed by atoms with Gasteiger partial charge in [-0.15, -0.1) is 0 Å². The van der Waals surface area contributed by atoms with Crippen LogP contribution in [0.15, 0.2) is 54.7 Å². The van der Waals surface area contributed by atoms with Crippen molar-refractivity contribution in [1.82, 2.24) is 15.2 Å². The first-order chi connectivity index (χ1) is 15.6. The number of H-pyrrole nitrogens is 1. The number of nitrogens with zero attached hydrogens (tertiary/aromatic N) is 1. The average molecular weight is 432 g/mol. The van der Waals surface area contributed by atoms with Gasteiger partial charge in [-0.25, -0.2) is 0 Å². The van der Waals surface area contributed by atoms with Gasteiger partial charge in [-0.1, -0.05) is 69.0 Å². The number of para-hydroxylation sites is 1. The lowest BCUT2D eigenvalue weighted by molar-refractivity contribution is -0.122. The first-order valence-electron chi connectivity index (χ1n) is 11.9. The Balaban J connectivity index is 1.48. The van der Waals surface area contributed by atoms with E-state index in [1.54, 1.807) is 0 Å². The van der Waals surface area contributed by atoms with Crippen LogP contribution in [0.2, 0.25) is 0 Å². The number of hydrogen-bond donors (Lipinski definition) is 2. The maximum absolute atomic E-state index is 13.3. The molecule has 0 saturated carbocycles. The number of benzene rings is 2. The molecular formula is C27H33N3O2. The lowest BCUT2D eigenvalue weighted by Gasteiger charge is -2.25. The highest BCUT2D eigenvalue weighted by Crippen LogP contribution is 2.41. The number of rotatable bonds is 10. The number of fused-ring (bicyclic) bond motifs is 2. The fourth-order valence-corrected chi connectivity index (χ4v) is 4.77. The molecule has 2 aromatic carbocycles. The van der Waals surface area contributed by atoms with E-state index in [1.807, 2.05) is 53.6 Å². The number of hydrogen-bond acceptors (Lipinski definition) is 2. The smallest absolute Gasteiger partial charge is 0.255 e. The van der Waals surface area contributed by atoms with E-state index in [0.717, 1.165) is 40.4 Å². The summed E-state index contributed by atoms with van der Waals surface area (Å²) < 4.78 is 0. The summed E-state index contributed by atoms with van der Waals surface area (Å²) in [6.07, 6.45) is 8.10. The van der Waals surface area contributed by atoms with Gasteiger partial charge in [-0.05, 0) is 31.0 Å². The van der Waals surface area contributed by atoms with Crippen molar-refractivity contribution in [2.45, 2.75) is 64.5 Å². The van der Waals surface area contributed by atoms with E-state index in [0.29, 0.717) is 13.0 Å². The van der Waals surface area contributed by atoms with Gasteiger partial charge in [0.2, 0.25) is 5.91 Å². The molecule has 2 atom stereocenters. The number of carbonyl (C=O) groups is 2. The van der Waals surface area contributed by atoms with Gasteiger partial charge in [0, 0.05) is 47.2 Å². The molecule has 0 aliphatic carbocycles. The van der Waals surface area contributed by atoms with Crippen molar-refractivity contribution in [3.8, 4) is 0 Å². The van der Waals surface area contributed by atoms with Gasteiger partial charge >= 0.3 is 0 Å². The molecule has 3 aromatic rings. The Morgan fingerprint density at radius 1 is 1.06 bits per heavy atom. The summed E-state index contributed by atoms with van der Waals surface area (Å²) in [6, 6.07) is 15.9. The zero-order valence-electron chi connectivity index (χ0n) is 19.1. The normalized spacial score (nSPS) is 16.4. The van der Waals surface area contributed by atoms with Crippen molar-refractivity contribution < 1.29 is 9.59 Å². The Kier molecular flexibility index (Phi) is 6.93. The second-order valence-corrected chi connectivity index (χ2v) is 8.85. The topological polar surface area (TPSA) is 65.2 Å². The van der Waals surface area contributed by atoms with E-state index in [1.165, 1.54) is 19.3 Å². The molecule has 0 fully saturated rings. The Morgan fingerprint density at radius 3 is 2.69 bits per heavy atom. The van der Waals surface area contributed by atoms with Crippen LogP contribution in [0.5, 0.6) is 0 Å². The molecule has 1 aromatic heterocycles. The zero-order valence-corrected chi connectivity index (χ0v) is 19.1. The number of aromatic amines is 1. The second-order valence-electron chi connectivity index (χ2n) is 8.85. The monoisotopic (exact) mass is 431 g/mol. The van der Waals surface area contributed by atoms with Crippen LogP contribution < -0.4 is 5.32 Å². The molecule has 0 unspecified atom stereocenters. The van der Waals surface area contributed by atoms with Gasteiger partial charge in [-0.3, -0.25) is 9.59 Å². The third-order valence-corrected chi connectivity index (χ3v) is 6.45. The molecule has 2 heterocycles. The van der Waals surface area contributed by atoms with Gasteiger partial charge in [-0.2, -0.15) is 0 Å². The van der Waals surface area contributed by atoms with Gasteiger partial charge in [0.05, 0.1) is 6.04 Å². The standard InChI is InChI=1S/C27H33N3O2/c1-3-4-5-6-11-19(2)29-25(31)16-17-30-26(21-13-7-8-14-22(21)27(30)32)23-18-28-24-15-10-9-12-20(23)24/h7-10,12-15,18-19,26,28H,3-6,11,16-17H2,1-2H3,(H,29,31)/t19-,26+/m1/s1. The molecule has 0 bridgehead atoms. The molecule has 32 heavy (non-hydrogen) atoms. The first kappa shape index (κ1) is 22.1. The predicted octanol–water partition coefficient (Wildman–Crippen LogP) is 5.58. The molecule has 1 aliphatic rings. The number of aromatic nitrogens is 1. The highest BCUT2D eigenvalue weighted by Gasteiger charge is 2.38. The van der Waals surface area contributed by atoms with Crippen LogP contribution in [0.4, 0.5) is 0 Å². The summed E-state index contributed by atoms with van der Waals surface area (Å²) in [5.74, 6) is 0.00530. The second kappa shape index (κ2) is 10.0. The van der Waals surface area contributed by atoms with E-state index in [4.69, 9.17) is 0 Å². The summed E-state index contributed by atoms with van der Waals surface area (Å²) in [4.78, 5) is 31.1. The number of unbranched alkanes of at least 4 members (excludes halogenated alkanes) is 3. The summed E-state index contributed by atoms with van der Waals surface area (Å²) in [6.45, 7) is 4.66. The van der Waals surface area contributed by atoms with Crippen LogP contribution in [0.3, 0.4) is 0 Å². The molecule has 2 amide bonds. The Hall–Kier alpha value is -3.08.